The number of thioether (sulfide) groups is 1. The van der Waals surface area contributed by atoms with Gasteiger partial charge in [0.15, 0.2) is 21.2 Å². The van der Waals surface area contributed by atoms with E-state index in [9.17, 15) is 9.59 Å². The van der Waals surface area contributed by atoms with E-state index in [4.69, 9.17) is 23.7 Å². The van der Waals surface area contributed by atoms with Gasteiger partial charge in [0.25, 0.3) is 0 Å². The van der Waals surface area contributed by atoms with Crippen molar-refractivity contribution in [1.29, 1.82) is 0 Å². The van der Waals surface area contributed by atoms with Crippen LogP contribution in [-0.4, -0.2) is 112 Å². The number of hydrogen-bond acceptors (Lipinski definition) is 12. The van der Waals surface area contributed by atoms with Gasteiger partial charge >= 0.3 is 0 Å². The molecule has 12 nitrogen and oxygen atoms in total. The minimum absolute atomic E-state index is 0. The number of thiocarbonyl (C=S) groups is 1. The number of carbonyl (C=O) groups is 2. The Labute approximate surface area is 472 Å². The number of rotatable bonds is 14. The summed E-state index contributed by atoms with van der Waals surface area (Å²) >= 11 is 11.2. The number of amidine groups is 1. The number of nitrogen functional groups attached to an aromatic ring is 1. The number of aryl methyl sites for hydroxylation is 2. The van der Waals surface area contributed by atoms with Gasteiger partial charge in [0.1, 0.15) is 10.7 Å². The molecule has 404 valence electrons. The summed E-state index contributed by atoms with van der Waals surface area (Å²) in [4.78, 5) is 43.7. The van der Waals surface area contributed by atoms with Crippen molar-refractivity contribution in [2.75, 3.05) is 89.6 Å². The number of carbonyl (C=O) groups excluding carboxylic acids is 2. The van der Waals surface area contributed by atoms with E-state index in [2.05, 4.69) is 119 Å². The molecule has 1 aromatic heterocycles. The zero-order valence-corrected chi connectivity index (χ0v) is 49.9. The number of benzene rings is 4. The van der Waals surface area contributed by atoms with Gasteiger partial charge in [0, 0.05) is 72.1 Å². The Kier molecular flexibility index (Phi) is 24.8. The van der Waals surface area contributed by atoms with Gasteiger partial charge in [-0.2, -0.15) is 14.9 Å². The van der Waals surface area contributed by atoms with Gasteiger partial charge in [0.2, 0.25) is 5.78 Å². The molecule has 0 aliphatic carbocycles. The van der Waals surface area contributed by atoms with Crippen LogP contribution in [-0.2, 0) is 12.8 Å². The molecule has 75 heavy (non-hydrogen) atoms. The maximum absolute atomic E-state index is 13.0. The molecule has 1 atom stereocenters. The summed E-state index contributed by atoms with van der Waals surface area (Å²) in [6.07, 6.45) is 15.2. The number of Topliss-reactive ketones (excluding diaryl/α,β-unsaturated/α-hetero) is 1. The topological polar surface area (TPSA) is 148 Å². The summed E-state index contributed by atoms with van der Waals surface area (Å²) in [5, 5.41) is 8.41. The number of aliphatic imine (C=N–C) groups is 1. The number of hydrogen-bond donors (Lipinski definition) is 4. The number of nitrogens with one attached hydrogen (secondary N) is 2. The van der Waals surface area contributed by atoms with Crippen molar-refractivity contribution >= 4 is 117 Å². The Morgan fingerprint density at radius 3 is 1.67 bits per heavy atom. The summed E-state index contributed by atoms with van der Waals surface area (Å²) < 4.78 is 0. The molecule has 0 bridgehead atoms. The number of halogens is 1. The summed E-state index contributed by atoms with van der Waals surface area (Å²) in [7, 11) is 0. The lowest BCUT2D eigenvalue weighted by atomic mass is 9.99. The predicted octanol–water partition coefficient (Wildman–Crippen LogP) is 12.5. The molecule has 4 aliphatic heterocycles. The van der Waals surface area contributed by atoms with E-state index in [1.807, 2.05) is 55.5 Å². The van der Waals surface area contributed by atoms with Gasteiger partial charge in [-0.25, -0.2) is 4.98 Å². The van der Waals surface area contributed by atoms with Crippen molar-refractivity contribution in [1.82, 2.24) is 14.8 Å². The first-order chi connectivity index (χ1) is 36.0. The summed E-state index contributed by atoms with van der Waals surface area (Å²) in [6.45, 7) is 15.9. The molecule has 5 aromatic rings. The molecule has 0 radical (unpaired) electrons. The summed E-state index contributed by atoms with van der Waals surface area (Å²) in [6, 6.07) is 34.0. The molecule has 17 heteroatoms. The van der Waals surface area contributed by atoms with E-state index in [1.54, 1.807) is 0 Å². The first-order valence-corrected chi connectivity index (χ1v) is 30.2. The number of alkyl halides is 1. The lowest BCUT2D eigenvalue weighted by molar-refractivity contribution is 0.102. The lowest BCUT2D eigenvalue weighted by Gasteiger charge is -2.41. The van der Waals surface area contributed by atoms with Crippen molar-refractivity contribution in [2.24, 2.45) is 10.7 Å². The number of likely N-dealkylation sites (tertiary alicyclic amines) is 2. The van der Waals surface area contributed by atoms with E-state index in [1.165, 1.54) is 130 Å². The highest BCUT2D eigenvalue weighted by Gasteiger charge is 2.27. The Morgan fingerprint density at radius 2 is 1.19 bits per heavy atom. The molecular weight excluding hydrogens is 1080 g/mol. The SMILES string of the molecule is CCSC(N)=NC(=S)Nc1ccc(N2CCC(N3CCCCC3)CC2)cc1.CCc1cccc(C(=O)CBr)c1.CCc1cccc(C(=O)c2sc(Nc3ccc(N4CCC(N5CCCCC5)CC4)cc3)nc2N)c1.P. The van der Waals surface area contributed by atoms with E-state index in [0.717, 1.165) is 79.4 Å². The number of ketones is 2. The second-order valence-corrected chi connectivity index (χ2v) is 22.6. The molecule has 5 heterocycles. The third-order valence-electron chi connectivity index (χ3n) is 14.5. The van der Waals surface area contributed by atoms with Crippen LogP contribution >= 0.6 is 61.1 Å². The van der Waals surface area contributed by atoms with Crippen LogP contribution in [0.3, 0.4) is 0 Å². The fraction of sp³-hybridized carbons (Fsp3) is 0.466. The second kappa shape index (κ2) is 31.1. The normalized spacial score (nSPS) is 16.9. The molecule has 9 rings (SSSR count). The Bertz CT molecular complexity index is 2590. The third-order valence-corrected chi connectivity index (χ3v) is 16.8. The van der Waals surface area contributed by atoms with E-state index < -0.39 is 0 Å². The van der Waals surface area contributed by atoms with E-state index in [-0.39, 0.29) is 27.3 Å². The van der Waals surface area contributed by atoms with Gasteiger partial charge in [-0.05, 0) is 180 Å². The van der Waals surface area contributed by atoms with Gasteiger partial charge in [-0.1, -0.05) is 109 Å². The Morgan fingerprint density at radius 1 is 0.707 bits per heavy atom. The fourth-order valence-electron chi connectivity index (χ4n) is 10.3. The quantitative estimate of drug-likeness (QED) is 0.0209. The van der Waals surface area contributed by atoms with Crippen molar-refractivity contribution < 1.29 is 9.59 Å². The molecule has 4 fully saturated rings. The van der Waals surface area contributed by atoms with Crippen molar-refractivity contribution in [3.05, 3.63) is 124 Å². The van der Waals surface area contributed by atoms with Gasteiger partial charge in [-0.15, -0.1) is 0 Å². The highest BCUT2D eigenvalue weighted by Crippen LogP contribution is 2.32. The maximum atomic E-state index is 13.0. The first kappa shape index (κ1) is 59.8. The van der Waals surface area contributed by atoms with Crippen LogP contribution in [0.5, 0.6) is 0 Å². The van der Waals surface area contributed by atoms with Gasteiger partial charge < -0.3 is 41.7 Å². The molecule has 0 saturated carbocycles. The number of nitrogens with zero attached hydrogens (tertiary/aromatic N) is 6. The molecule has 4 aliphatic rings. The molecule has 0 amide bonds. The van der Waals surface area contributed by atoms with Crippen molar-refractivity contribution in [3.63, 3.8) is 0 Å². The highest BCUT2D eigenvalue weighted by molar-refractivity contribution is 9.09. The van der Waals surface area contributed by atoms with Gasteiger partial charge in [-0.3, -0.25) is 9.59 Å². The molecule has 1 unspecified atom stereocenters. The summed E-state index contributed by atoms with van der Waals surface area (Å²) in [5.74, 6) is 1.23. The largest absolute Gasteiger partial charge is 0.382 e. The van der Waals surface area contributed by atoms with Crippen LogP contribution in [0.2, 0.25) is 0 Å². The van der Waals surface area contributed by atoms with Crippen LogP contribution in [0.15, 0.2) is 102 Å². The number of aromatic nitrogens is 1. The van der Waals surface area contributed by atoms with E-state index >= 15 is 0 Å². The number of piperidine rings is 4. The fourth-order valence-corrected chi connectivity index (χ4v) is 12.2. The summed E-state index contributed by atoms with van der Waals surface area (Å²) in [5.41, 5.74) is 20.2. The molecule has 6 N–H and O–H groups in total. The minimum atomic E-state index is -0.0772. The van der Waals surface area contributed by atoms with Crippen LogP contribution in [0, 0.1) is 0 Å². The molecule has 4 saturated heterocycles. The van der Waals surface area contributed by atoms with Crippen molar-refractivity contribution in [2.45, 2.75) is 110 Å². The Hall–Kier alpha value is -4.41. The number of nitrogens with two attached hydrogens (primary N) is 2. The monoisotopic (exact) mass is 1150 g/mol. The molecule has 0 spiro atoms. The third kappa shape index (κ3) is 18.1. The molecule has 4 aromatic carbocycles. The van der Waals surface area contributed by atoms with Crippen LogP contribution < -0.4 is 31.9 Å². The highest BCUT2D eigenvalue weighted by atomic mass is 79.9. The standard InChI is InChI=1S/C28H35N5OS.C20H31N5S2.C10H11BrO.H3P/c1-2-20-7-6-8-21(19-20)25(34)26-27(29)31-28(35-26)30-22-9-11-23(12-10-22)33-17-13-24(14-18-33)32-15-4-3-5-16-32;1-2-27-19(21)23-20(26)22-16-6-8-17(9-7-16)25-14-10-18(11-15-25)24-12-4-3-5-13-24;1-2-8-4-3-5-9(6-8)10(12)7-11;/h6-12,19,24H,2-5,13-18,29H2,1H3,(H,30,31);6-9,18H,2-5,10-15H2,1H3,(H3,21,22,23,26);3-6H,2,7H2,1H3;1H3. The van der Waals surface area contributed by atoms with E-state index in [0.29, 0.717) is 31.2 Å². The van der Waals surface area contributed by atoms with Crippen LogP contribution in [0.1, 0.15) is 122 Å². The zero-order valence-electron chi connectivity index (χ0n) is 44.4. The predicted molar refractivity (Wildman–Crippen MR) is 334 cm³/mol. The minimum Gasteiger partial charge on any atom is -0.382 e. The van der Waals surface area contributed by atoms with Gasteiger partial charge in [0.05, 0.1) is 5.33 Å². The maximum Gasteiger partial charge on any atom is 0.206 e. The first-order valence-electron chi connectivity index (χ1n) is 26.8. The van der Waals surface area contributed by atoms with Crippen LogP contribution in [0.4, 0.5) is 33.7 Å². The number of anilines is 6. The Balaban J connectivity index is 0.000000202. The smallest absolute Gasteiger partial charge is 0.206 e. The average Bonchev–Trinajstić information content (AvgIpc) is 3.82. The zero-order chi connectivity index (χ0) is 52.2. The van der Waals surface area contributed by atoms with Crippen molar-refractivity contribution in [3.8, 4) is 0 Å². The van der Waals surface area contributed by atoms with Crippen LogP contribution in [0.25, 0.3) is 0 Å². The molecular formula is C58H80BrN10O2PS3. The average molecular weight is 1160 g/mol. The second-order valence-electron chi connectivity index (χ2n) is 19.4. The number of thiazole rings is 1. The lowest BCUT2D eigenvalue weighted by Crippen LogP contribution is -2.46.